The standard InChI is InChI=1S/C13H19N3O2S3/c1-4-21(17,18)11-12(14)16-20-13(11)15-10(8(2)3)9-6-5-7-19-9/h5-8,10,15H,4H2,1-3H3,(H2,14,16). The second-order valence-corrected chi connectivity index (χ2v) is 8.98. The molecule has 0 aliphatic rings. The maximum absolute atomic E-state index is 12.2. The Morgan fingerprint density at radius 3 is 2.67 bits per heavy atom. The van der Waals surface area contributed by atoms with E-state index in [0.717, 1.165) is 16.4 Å². The second kappa shape index (κ2) is 6.33. The second-order valence-electron chi connectivity index (χ2n) is 5.01. The van der Waals surface area contributed by atoms with E-state index in [1.807, 2.05) is 17.5 Å². The first-order valence-corrected chi connectivity index (χ1v) is 9.95. The lowest BCUT2D eigenvalue weighted by Gasteiger charge is -2.22. The summed E-state index contributed by atoms with van der Waals surface area (Å²) in [6, 6.07) is 4.07. The van der Waals surface area contributed by atoms with Crippen molar-refractivity contribution in [1.29, 1.82) is 0 Å². The van der Waals surface area contributed by atoms with Crippen LogP contribution in [0.5, 0.6) is 0 Å². The predicted octanol–water partition coefficient (Wildman–Crippen LogP) is 3.39. The van der Waals surface area contributed by atoms with Gasteiger partial charge in [0.05, 0.1) is 11.8 Å². The van der Waals surface area contributed by atoms with Gasteiger partial charge in [-0.1, -0.05) is 26.8 Å². The van der Waals surface area contributed by atoms with Gasteiger partial charge in [-0.2, -0.15) is 4.37 Å². The Labute approximate surface area is 133 Å². The van der Waals surface area contributed by atoms with Crippen LogP contribution >= 0.6 is 22.9 Å². The normalized spacial score (nSPS) is 13.5. The van der Waals surface area contributed by atoms with E-state index >= 15 is 0 Å². The molecule has 0 saturated heterocycles. The van der Waals surface area contributed by atoms with E-state index in [-0.39, 0.29) is 22.5 Å². The summed E-state index contributed by atoms with van der Waals surface area (Å²) in [6.07, 6.45) is 0. The van der Waals surface area contributed by atoms with Crippen molar-refractivity contribution in [2.45, 2.75) is 31.7 Å². The molecule has 0 aromatic carbocycles. The number of hydrogen-bond acceptors (Lipinski definition) is 7. The molecular weight excluding hydrogens is 326 g/mol. The summed E-state index contributed by atoms with van der Waals surface area (Å²) >= 11 is 2.75. The first-order valence-electron chi connectivity index (χ1n) is 6.64. The zero-order valence-corrected chi connectivity index (χ0v) is 14.6. The molecule has 0 fully saturated rings. The van der Waals surface area contributed by atoms with Crippen molar-refractivity contribution >= 4 is 43.5 Å². The van der Waals surface area contributed by atoms with Crippen molar-refractivity contribution in [3.8, 4) is 0 Å². The number of nitrogens with one attached hydrogen (secondary N) is 1. The zero-order chi connectivity index (χ0) is 15.6. The first kappa shape index (κ1) is 16.3. The molecular formula is C13H19N3O2S3. The molecule has 2 rings (SSSR count). The molecule has 0 amide bonds. The molecule has 1 atom stereocenters. The van der Waals surface area contributed by atoms with Gasteiger partial charge >= 0.3 is 0 Å². The highest BCUT2D eigenvalue weighted by molar-refractivity contribution is 7.91. The number of nitrogens with two attached hydrogens (primary N) is 1. The van der Waals surface area contributed by atoms with E-state index in [1.54, 1.807) is 18.3 Å². The predicted molar refractivity (Wildman–Crippen MR) is 89.8 cm³/mol. The zero-order valence-electron chi connectivity index (χ0n) is 12.2. The smallest absolute Gasteiger partial charge is 0.184 e. The van der Waals surface area contributed by atoms with Crippen LogP contribution in [-0.2, 0) is 9.84 Å². The summed E-state index contributed by atoms with van der Waals surface area (Å²) in [5, 5.41) is 5.86. The van der Waals surface area contributed by atoms with E-state index < -0.39 is 9.84 Å². The number of aromatic nitrogens is 1. The van der Waals surface area contributed by atoms with Crippen LogP contribution in [0.4, 0.5) is 10.8 Å². The number of nitrogen functional groups attached to an aromatic ring is 1. The molecule has 2 aromatic heterocycles. The summed E-state index contributed by atoms with van der Waals surface area (Å²) < 4.78 is 28.4. The summed E-state index contributed by atoms with van der Waals surface area (Å²) in [4.78, 5) is 1.30. The first-order chi connectivity index (χ1) is 9.86. The molecule has 0 aliphatic carbocycles. The minimum Gasteiger partial charge on any atom is -0.382 e. The minimum atomic E-state index is -3.39. The van der Waals surface area contributed by atoms with Crippen molar-refractivity contribution in [2.24, 2.45) is 5.92 Å². The van der Waals surface area contributed by atoms with Gasteiger partial charge in [0.2, 0.25) is 0 Å². The Morgan fingerprint density at radius 2 is 2.14 bits per heavy atom. The number of sulfone groups is 1. The van der Waals surface area contributed by atoms with Crippen molar-refractivity contribution in [1.82, 2.24) is 4.37 Å². The van der Waals surface area contributed by atoms with Crippen LogP contribution in [0.1, 0.15) is 31.7 Å². The highest BCUT2D eigenvalue weighted by Crippen LogP contribution is 2.37. The van der Waals surface area contributed by atoms with Gasteiger partial charge in [0.25, 0.3) is 0 Å². The van der Waals surface area contributed by atoms with Crippen LogP contribution in [-0.4, -0.2) is 18.5 Å². The van der Waals surface area contributed by atoms with Crippen LogP contribution in [0, 0.1) is 5.92 Å². The fourth-order valence-electron chi connectivity index (χ4n) is 2.01. The molecule has 2 heterocycles. The molecule has 3 N–H and O–H groups in total. The van der Waals surface area contributed by atoms with E-state index in [9.17, 15) is 8.42 Å². The fourth-order valence-corrected chi connectivity index (χ4v) is 5.15. The molecule has 0 bridgehead atoms. The van der Waals surface area contributed by atoms with Crippen LogP contribution in [0.25, 0.3) is 0 Å². The molecule has 0 saturated carbocycles. The van der Waals surface area contributed by atoms with Gasteiger partial charge in [0, 0.05) is 4.88 Å². The number of hydrogen-bond donors (Lipinski definition) is 2. The average Bonchev–Trinajstić information content (AvgIpc) is 3.05. The molecule has 8 heteroatoms. The topological polar surface area (TPSA) is 85.1 Å². The van der Waals surface area contributed by atoms with Gasteiger partial charge in [0.1, 0.15) is 9.90 Å². The summed E-state index contributed by atoms with van der Waals surface area (Å²) in [7, 11) is -3.39. The van der Waals surface area contributed by atoms with Crippen molar-refractivity contribution in [2.75, 3.05) is 16.8 Å². The highest BCUT2D eigenvalue weighted by atomic mass is 32.2. The quantitative estimate of drug-likeness (QED) is 0.838. The van der Waals surface area contributed by atoms with Crippen molar-refractivity contribution in [3.05, 3.63) is 22.4 Å². The van der Waals surface area contributed by atoms with Crippen LogP contribution in [0.15, 0.2) is 22.4 Å². The third-order valence-corrected chi connectivity index (χ3v) is 6.84. The van der Waals surface area contributed by atoms with Crippen LogP contribution in [0.3, 0.4) is 0 Å². The van der Waals surface area contributed by atoms with Gasteiger partial charge in [0.15, 0.2) is 15.7 Å². The molecule has 1 unspecified atom stereocenters. The third kappa shape index (κ3) is 3.38. The van der Waals surface area contributed by atoms with E-state index in [1.165, 1.54) is 0 Å². The molecule has 116 valence electrons. The van der Waals surface area contributed by atoms with Gasteiger partial charge in [-0.25, -0.2) is 8.42 Å². The van der Waals surface area contributed by atoms with E-state index in [0.29, 0.717) is 10.9 Å². The lowest BCUT2D eigenvalue weighted by atomic mass is 10.0. The van der Waals surface area contributed by atoms with Crippen molar-refractivity contribution < 1.29 is 8.42 Å². The van der Waals surface area contributed by atoms with Gasteiger partial charge in [-0.15, -0.1) is 11.3 Å². The molecule has 5 nitrogen and oxygen atoms in total. The number of anilines is 2. The maximum atomic E-state index is 12.2. The van der Waals surface area contributed by atoms with Gasteiger partial charge in [-0.05, 0) is 28.9 Å². The molecule has 2 aromatic rings. The summed E-state index contributed by atoms with van der Waals surface area (Å²) in [5.41, 5.74) is 5.76. The van der Waals surface area contributed by atoms with Gasteiger partial charge < -0.3 is 11.1 Å². The Hall–Kier alpha value is -1.12. The van der Waals surface area contributed by atoms with Crippen LogP contribution in [0.2, 0.25) is 0 Å². The number of thiophene rings is 1. The highest BCUT2D eigenvalue weighted by Gasteiger charge is 2.27. The number of rotatable bonds is 6. The Balaban J connectivity index is 2.40. The summed E-state index contributed by atoms with van der Waals surface area (Å²) in [5.74, 6) is 0.400. The minimum absolute atomic E-state index is 0.00956. The lowest BCUT2D eigenvalue weighted by Crippen LogP contribution is -2.17. The van der Waals surface area contributed by atoms with E-state index in [2.05, 4.69) is 23.5 Å². The maximum Gasteiger partial charge on any atom is 0.184 e. The molecule has 0 radical (unpaired) electrons. The third-order valence-electron chi connectivity index (χ3n) is 3.17. The van der Waals surface area contributed by atoms with Gasteiger partial charge in [-0.3, -0.25) is 0 Å². The molecule has 21 heavy (non-hydrogen) atoms. The van der Waals surface area contributed by atoms with Crippen LogP contribution < -0.4 is 11.1 Å². The Bertz CT molecular complexity index is 690. The monoisotopic (exact) mass is 345 g/mol. The lowest BCUT2D eigenvalue weighted by molar-refractivity contribution is 0.553. The van der Waals surface area contributed by atoms with E-state index in [4.69, 9.17) is 5.73 Å². The Kier molecular flexibility index (Phi) is 4.90. The SMILES string of the molecule is CCS(=O)(=O)c1c(N)nsc1NC(c1cccs1)C(C)C. The molecule has 0 aliphatic heterocycles. The Morgan fingerprint density at radius 1 is 1.43 bits per heavy atom. The average molecular weight is 346 g/mol. The number of nitrogens with zero attached hydrogens (tertiary/aromatic N) is 1. The molecule has 0 spiro atoms. The fraction of sp³-hybridized carbons (Fsp3) is 0.462. The summed E-state index contributed by atoms with van der Waals surface area (Å²) in [6.45, 7) is 5.79. The van der Waals surface area contributed by atoms with Crippen molar-refractivity contribution in [3.63, 3.8) is 0 Å². The largest absolute Gasteiger partial charge is 0.382 e.